The molecule has 0 saturated heterocycles. The van der Waals surface area contributed by atoms with Crippen molar-refractivity contribution in [3.63, 3.8) is 0 Å². The van der Waals surface area contributed by atoms with Crippen LogP contribution in [0.4, 0.5) is 5.69 Å². The van der Waals surface area contributed by atoms with Gasteiger partial charge in [0.2, 0.25) is 5.91 Å². The number of nitrogens with one attached hydrogen (secondary N) is 2. The Morgan fingerprint density at radius 3 is 2.50 bits per heavy atom. The van der Waals surface area contributed by atoms with Crippen molar-refractivity contribution < 1.29 is 4.79 Å². The molecule has 1 aliphatic rings. The number of amides is 1. The van der Waals surface area contributed by atoms with Gasteiger partial charge in [0.05, 0.1) is 0 Å². The molecule has 0 saturated carbocycles. The molecule has 2 aromatic carbocycles. The molecule has 0 spiro atoms. The van der Waals surface area contributed by atoms with Gasteiger partial charge in [-0.2, -0.15) is 0 Å². The second-order valence-corrected chi connectivity index (χ2v) is 5.38. The molecule has 2 N–H and O–H groups in total. The van der Waals surface area contributed by atoms with Gasteiger partial charge in [-0.1, -0.05) is 47.5 Å². The van der Waals surface area contributed by atoms with Crippen molar-refractivity contribution >= 4 is 11.6 Å². The van der Waals surface area contributed by atoms with Crippen molar-refractivity contribution in [3.8, 4) is 0 Å². The first kappa shape index (κ1) is 12.9. The van der Waals surface area contributed by atoms with Gasteiger partial charge in [-0.3, -0.25) is 10.1 Å². The summed E-state index contributed by atoms with van der Waals surface area (Å²) in [5.74, 6) is 0.0257. The van der Waals surface area contributed by atoms with Crippen LogP contribution in [0.1, 0.15) is 28.3 Å². The molecule has 1 heterocycles. The van der Waals surface area contributed by atoms with Crippen molar-refractivity contribution in [2.45, 2.75) is 26.4 Å². The third-order valence-corrected chi connectivity index (χ3v) is 3.67. The van der Waals surface area contributed by atoms with Crippen LogP contribution < -0.4 is 10.6 Å². The molecule has 1 amide bonds. The third kappa shape index (κ3) is 2.45. The number of carbonyl (C=O) groups excluding carboxylic acids is 1. The van der Waals surface area contributed by atoms with E-state index >= 15 is 0 Å². The molecule has 1 unspecified atom stereocenters. The Labute approximate surface area is 119 Å². The average Bonchev–Trinajstić information content (AvgIpc) is 2.73. The minimum atomic E-state index is -0.258. The molecular formula is C17H18N2O. The van der Waals surface area contributed by atoms with Gasteiger partial charge in [0.1, 0.15) is 6.04 Å². The fraction of sp³-hybridized carbons (Fsp3) is 0.235. The maximum absolute atomic E-state index is 12.0. The lowest BCUT2D eigenvalue weighted by Gasteiger charge is -2.12. The van der Waals surface area contributed by atoms with E-state index in [1.165, 1.54) is 16.7 Å². The quantitative estimate of drug-likeness (QED) is 0.896. The molecule has 1 aliphatic heterocycles. The Morgan fingerprint density at radius 1 is 1.05 bits per heavy atom. The lowest BCUT2D eigenvalue weighted by molar-refractivity contribution is -0.117. The number of hydrogen-bond acceptors (Lipinski definition) is 2. The van der Waals surface area contributed by atoms with Crippen LogP contribution in [0.5, 0.6) is 0 Å². The predicted molar refractivity (Wildman–Crippen MR) is 80.6 cm³/mol. The van der Waals surface area contributed by atoms with E-state index in [0.29, 0.717) is 6.54 Å². The van der Waals surface area contributed by atoms with Crippen LogP contribution >= 0.6 is 0 Å². The first-order chi connectivity index (χ1) is 9.63. The van der Waals surface area contributed by atoms with Crippen molar-refractivity contribution in [2.75, 3.05) is 5.32 Å². The van der Waals surface area contributed by atoms with Crippen molar-refractivity contribution in [1.29, 1.82) is 0 Å². The molecule has 1 atom stereocenters. The number of rotatable bonds is 3. The topological polar surface area (TPSA) is 41.1 Å². The zero-order valence-electron chi connectivity index (χ0n) is 11.7. The highest BCUT2D eigenvalue weighted by Gasteiger charge is 2.29. The summed E-state index contributed by atoms with van der Waals surface area (Å²) in [6.45, 7) is 4.80. The van der Waals surface area contributed by atoms with Crippen LogP contribution in [-0.2, 0) is 11.3 Å². The van der Waals surface area contributed by atoms with E-state index in [1.807, 2.05) is 19.1 Å². The van der Waals surface area contributed by atoms with Crippen LogP contribution in [0.2, 0.25) is 0 Å². The summed E-state index contributed by atoms with van der Waals surface area (Å²) in [7, 11) is 0. The van der Waals surface area contributed by atoms with Crippen molar-refractivity contribution in [2.24, 2.45) is 0 Å². The first-order valence-corrected chi connectivity index (χ1v) is 6.84. The van der Waals surface area contributed by atoms with E-state index < -0.39 is 0 Å². The van der Waals surface area contributed by atoms with Crippen LogP contribution in [0, 0.1) is 13.8 Å². The molecule has 2 aromatic rings. The van der Waals surface area contributed by atoms with Gasteiger partial charge in [0.25, 0.3) is 0 Å². The van der Waals surface area contributed by atoms with Gasteiger partial charge in [0.15, 0.2) is 0 Å². The standard InChI is InChI=1S/C17H18N2O/c1-11-3-6-13(7-4-11)10-18-16-14-9-12(2)5-8-15(14)19-17(16)20/h3-9,16,18H,10H2,1-2H3,(H,19,20). The molecule has 20 heavy (non-hydrogen) atoms. The largest absolute Gasteiger partial charge is 0.324 e. The molecule has 0 fully saturated rings. The molecule has 0 radical (unpaired) electrons. The lowest BCUT2D eigenvalue weighted by Crippen LogP contribution is -2.27. The van der Waals surface area contributed by atoms with Gasteiger partial charge >= 0.3 is 0 Å². The van der Waals surface area contributed by atoms with E-state index in [4.69, 9.17) is 0 Å². The smallest absolute Gasteiger partial charge is 0.246 e. The Hall–Kier alpha value is -2.13. The Balaban J connectivity index is 1.76. The molecule has 0 aromatic heterocycles. The lowest BCUT2D eigenvalue weighted by atomic mass is 10.0. The SMILES string of the molecule is Cc1ccc(CNC2C(=O)Nc3ccc(C)cc32)cc1. The number of anilines is 1. The summed E-state index contributed by atoms with van der Waals surface area (Å²) in [4.78, 5) is 12.0. The fourth-order valence-electron chi connectivity index (χ4n) is 2.51. The van der Waals surface area contributed by atoms with Crippen molar-refractivity contribution in [3.05, 3.63) is 64.7 Å². The van der Waals surface area contributed by atoms with E-state index in [-0.39, 0.29) is 11.9 Å². The summed E-state index contributed by atoms with van der Waals surface area (Å²) < 4.78 is 0. The maximum Gasteiger partial charge on any atom is 0.246 e. The van der Waals surface area contributed by atoms with Crippen LogP contribution in [0.25, 0.3) is 0 Å². The summed E-state index contributed by atoms with van der Waals surface area (Å²) in [6, 6.07) is 14.1. The molecule has 0 bridgehead atoms. The predicted octanol–water partition coefficient (Wildman–Crippen LogP) is 3.09. The number of fused-ring (bicyclic) bond motifs is 1. The van der Waals surface area contributed by atoms with Gasteiger partial charge in [-0.25, -0.2) is 0 Å². The number of benzene rings is 2. The van der Waals surface area contributed by atoms with Crippen LogP contribution in [0.3, 0.4) is 0 Å². The highest BCUT2D eigenvalue weighted by molar-refractivity contribution is 6.02. The van der Waals surface area contributed by atoms with E-state index in [1.54, 1.807) is 0 Å². The third-order valence-electron chi connectivity index (χ3n) is 3.67. The number of carbonyl (C=O) groups is 1. The van der Waals surface area contributed by atoms with Crippen LogP contribution in [-0.4, -0.2) is 5.91 Å². The Kier molecular flexibility index (Phi) is 3.28. The van der Waals surface area contributed by atoms with Gasteiger partial charge < -0.3 is 5.32 Å². The molecular weight excluding hydrogens is 248 g/mol. The molecule has 3 nitrogen and oxygen atoms in total. The fourth-order valence-corrected chi connectivity index (χ4v) is 2.51. The first-order valence-electron chi connectivity index (χ1n) is 6.84. The van der Waals surface area contributed by atoms with Gasteiger partial charge in [-0.05, 0) is 25.5 Å². The van der Waals surface area contributed by atoms with E-state index in [9.17, 15) is 4.79 Å². The van der Waals surface area contributed by atoms with Gasteiger partial charge in [0, 0.05) is 17.8 Å². The van der Waals surface area contributed by atoms with Crippen molar-refractivity contribution in [1.82, 2.24) is 5.32 Å². The Morgan fingerprint density at radius 2 is 1.75 bits per heavy atom. The average molecular weight is 266 g/mol. The zero-order chi connectivity index (χ0) is 14.1. The minimum Gasteiger partial charge on any atom is -0.324 e. The van der Waals surface area contributed by atoms with E-state index in [0.717, 1.165) is 11.3 Å². The van der Waals surface area contributed by atoms with E-state index in [2.05, 4.69) is 47.9 Å². The summed E-state index contributed by atoms with van der Waals surface area (Å²) >= 11 is 0. The molecule has 0 aliphatic carbocycles. The molecule has 102 valence electrons. The number of aryl methyl sites for hydroxylation is 2. The maximum atomic E-state index is 12.0. The molecule has 3 heteroatoms. The highest BCUT2D eigenvalue weighted by atomic mass is 16.2. The Bertz CT molecular complexity index is 647. The normalized spacial score (nSPS) is 16.9. The molecule has 3 rings (SSSR count). The zero-order valence-corrected chi connectivity index (χ0v) is 11.7. The highest BCUT2D eigenvalue weighted by Crippen LogP contribution is 2.31. The number of hydrogen-bond donors (Lipinski definition) is 2. The van der Waals surface area contributed by atoms with Crippen LogP contribution in [0.15, 0.2) is 42.5 Å². The summed E-state index contributed by atoms with van der Waals surface area (Å²) in [5.41, 5.74) is 5.56. The monoisotopic (exact) mass is 266 g/mol. The summed E-state index contributed by atoms with van der Waals surface area (Å²) in [5, 5.41) is 6.26. The second kappa shape index (κ2) is 5.10. The summed E-state index contributed by atoms with van der Waals surface area (Å²) in [6.07, 6.45) is 0. The second-order valence-electron chi connectivity index (χ2n) is 5.38. The minimum absolute atomic E-state index is 0.0257. The van der Waals surface area contributed by atoms with Gasteiger partial charge in [-0.15, -0.1) is 0 Å².